The lowest BCUT2D eigenvalue weighted by atomic mass is 10.1. The number of amides is 2. The first kappa shape index (κ1) is 16.4. The molecular formula is C20H24N2O2. The number of aryl methyl sites for hydroxylation is 1. The molecule has 2 unspecified atom stereocenters. The number of rotatable bonds is 5. The van der Waals surface area contributed by atoms with Crippen molar-refractivity contribution in [1.29, 1.82) is 0 Å². The smallest absolute Gasteiger partial charge is 0.315 e. The molecule has 126 valence electrons. The maximum Gasteiger partial charge on any atom is 0.315 e. The van der Waals surface area contributed by atoms with E-state index in [1.165, 1.54) is 11.1 Å². The maximum atomic E-state index is 12.3. The predicted molar refractivity (Wildman–Crippen MR) is 95.2 cm³/mol. The van der Waals surface area contributed by atoms with Crippen molar-refractivity contribution in [2.75, 3.05) is 6.61 Å². The fraction of sp³-hybridized carbons (Fsp3) is 0.350. The lowest BCUT2D eigenvalue weighted by Gasteiger charge is -2.19. The van der Waals surface area contributed by atoms with E-state index in [9.17, 15) is 4.79 Å². The number of urea groups is 1. The summed E-state index contributed by atoms with van der Waals surface area (Å²) >= 11 is 0. The minimum Gasteiger partial charge on any atom is -0.494 e. The van der Waals surface area contributed by atoms with Crippen LogP contribution in [0.2, 0.25) is 0 Å². The summed E-state index contributed by atoms with van der Waals surface area (Å²) in [6, 6.07) is 16.1. The molecule has 2 amide bonds. The Morgan fingerprint density at radius 1 is 1.21 bits per heavy atom. The van der Waals surface area contributed by atoms with E-state index >= 15 is 0 Å². The van der Waals surface area contributed by atoms with Gasteiger partial charge in [0.05, 0.1) is 18.7 Å². The van der Waals surface area contributed by atoms with E-state index in [0.29, 0.717) is 6.61 Å². The molecule has 1 aliphatic carbocycles. The number of benzene rings is 2. The van der Waals surface area contributed by atoms with Gasteiger partial charge < -0.3 is 15.4 Å². The molecular weight excluding hydrogens is 300 g/mol. The second-order valence-corrected chi connectivity index (χ2v) is 6.13. The van der Waals surface area contributed by atoms with Gasteiger partial charge in [0.1, 0.15) is 5.75 Å². The zero-order valence-electron chi connectivity index (χ0n) is 14.2. The Bertz CT molecular complexity index is 697. The Morgan fingerprint density at radius 2 is 1.96 bits per heavy atom. The molecule has 0 bridgehead atoms. The Labute approximate surface area is 143 Å². The van der Waals surface area contributed by atoms with Gasteiger partial charge in [-0.15, -0.1) is 0 Å². The van der Waals surface area contributed by atoms with Gasteiger partial charge in [-0.05, 0) is 55.5 Å². The molecule has 0 saturated heterocycles. The highest BCUT2D eigenvalue weighted by atomic mass is 16.5. The molecule has 0 heterocycles. The van der Waals surface area contributed by atoms with Gasteiger partial charge in [-0.25, -0.2) is 4.79 Å². The van der Waals surface area contributed by atoms with Crippen LogP contribution in [0, 0.1) is 0 Å². The van der Waals surface area contributed by atoms with Gasteiger partial charge >= 0.3 is 6.03 Å². The van der Waals surface area contributed by atoms with Crippen LogP contribution in [0.25, 0.3) is 0 Å². The van der Waals surface area contributed by atoms with E-state index < -0.39 is 0 Å². The van der Waals surface area contributed by atoms with Crippen LogP contribution in [-0.4, -0.2) is 12.6 Å². The SMILES string of the molecule is CCOc1ccc(C(C)NC(=O)NC2CCc3ccccc32)cc1. The molecule has 0 fully saturated rings. The number of hydrogen-bond donors (Lipinski definition) is 2. The van der Waals surface area contributed by atoms with E-state index in [0.717, 1.165) is 24.2 Å². The van der Waals surface area contributed by atoms with Crippen molar-refractivity contribution in [2.45, 2.75) is 38.8 Å². The van der Waals surface area contributed by atoms with Gasteiger partial charge in [0.25, 0.3) is 0 Å². The third-order valence-electron chi connectivity index (χ3n) is 4.48. The topological polar surface area (TPSA) is 50.4 Å². The average molecular weight is 324 g/mol. The molecule has 0 spiro atoms. The summed E-state index contributed by atoms with van der Waals surface area (Å²) in [5.74, 6) is 0.848. The highest BCUT2D eigenvalue weighted by Gasteiger charge is 2.23. The lowest BCUT2D eigenvalue weighted by molar-refractivity contribution is 0.234. The number of nitrogens with one attached hydrogen (secondary N) is 2. The van der Waals surface area contributed by atoms with Gasteiger partial charge in [0.2, 0.25) is 0 Å². The summed E-state index contributed by atoms with van der Waals surface area (Å²) in [6.07, 6.45) is 1.99. The highest BCUT2D eigenvalue weighted by Crippen LogP contribution is 2.30. The standard InChI is InChI=1S/C20H24N2O2/c1-3-24-17-11-8-15(9-12-17)14(2)21-20(23)22-19-13-10-16-6-4-5-7-18(16)19/h4-9,11-12,14,19H,3,10,13H2,1-2H3,(H2,21,22,23). The van der Waals surface area contributed by atoms with Crippen LogP contribution in [0.5, 0.6) is 5.75 Å². The van der Waals surface area contributed by atoms with Crippen LogP contribution < -0.4 is 15.4 Å². The molecule has 0 radical (unpaired) electrons. The first-order chi connectivity index (χ1) is 11.7. The Hall–Kier alpha value is -2.49. The highest BCUT2D eigenvalue weighted by molar-refractivity contribution is 5.75. The number of ether oxygens (including phenoxy) is 1. The van der Waals surface area contributed by atoms with Crippen molar-refractivity contribution in [3.8, 4) is 5.75 Å². The van der Waals surface area contributed by atoms with Crippen LogP contribution in [0.3, 0.4) is 0 Å². The van der Waals surface area contributed by atoms with E-state index in [1.807, 2.05) is 44.2 Å². The summed E-state index contributed by atoms with van der Waals surface area (Å²) in [7, 11) is 0. The van der Waals surface area contributed by atoms with E-state index in [4.69, 9.17) is 4.74 Å². The van der Waals surface area contributed by atoms with Crippen molar-refractivity contribution in [3.63, 3.8) is 0 Å². The quantitative estimate of drug-likeness (QED) is 0.868. The van der Waals surface area contributed by atoms with Gasteiger partial charge in [0.15, 0.2) is 0 Å². The minimum atomic E-state index is -0.127. The molecule has 0 saturated carbocycles. The zero-order chi connectivity index (χ0) is 16.9. The third kappa shape index (κ3) is 3.70. The van der Waals surface area contributed by atoms with Crippen molar-refractivity contribution in [3.05, 3.63) is 65.2 Å². The fourth-order valence-electron chi connectivity index (χ4n) is 3.21. The minimum absolute atomic E-state index is 0.0580. The average Bonchev–Trinajstić information content (AvgIpc) is 2.99. The largest absolute Gasteiger partial charge is 0.494 e. The van der Waals surface area contributed by atoms with Crippen LogP contribution in [0.1, 0.15) is 49.0 Å². The Balaban J connectivity index is 1.57. The van der Waals surface area contributed by atoms with Crippen molar-refractivity contribution < 1.29 is 9.53 Å². The van der Waals surface area contributed by atoms with Crippen molar-refractivity contribution in [1.82, 2.24) is 10.6 Å². The third-order valence-corrected chi connectivity index (χ3v) is 4.48. The summed E-state index contributed by atoms with van der Waals surface area (Å²) in [6.45, 7) is 4.60. The molecule has 0 aliphatic heterocycles. The summed E-state index contributed by atoms with van der Waals surface area (Å²) in [5.41, 5.74) is 3.63. The molecule has 1 aliphatic rings. The summed E-state index contributed by atoms with van der Waals surface area (Å²) < 4.78 is 5.44. The first-order valence-corrected chi connectivity index (χ1v) is 8.55. The maximum absolute atomic E-state index is 12.3. The second kappa shape index (κ2) is 7.39. The molecule has 24 heavy (non-hydrogen) atoms. The fourth-order valence-corrected chi connectivity index (χ4v) is 3.21. The molecule has 3 rings (SSSR count). The summed E-state index contributed by atoms with van der Waals surface area (Å²) in [4.78, 5) is 12.3. The van der Waals surface area contributed by atoms with E-state index in [2.05, 4.69) is 28.8 Å². The zero-order valence-corrected chi connectivity index (χ0v) is 14.2. The lowest BCUT2D eigenvalue weighted by Crippen LogP contribution is -2.38. The Morgan fingerprint density at radius 3 is 2.71 bits per heavy atom. The molecule has 0 aromatic heterocycles. The van der Waals surface area contributed by atoms with Crippen molar-refractivity contribution in [2.24, 2.45) is 0 Å². The number of carbonyl (C=O) groups is 1. The van der Waals surface area contributed by atoms with Gasteiger partial charge in [0, 0.05) is 0 Å². The van der Waals surface area contributed by atoms with E-state index in [1.54, 1.807) is 0 Å². The predicted octanol–water partition coefficient (Wildman–Crippen LogP) is 4.13. The molecule has 4 heteroatoms. The normalized spacial score (nSPS) is 17.0. The monoisotopic (exact) mass is 324 g/mol. The van der Waals surface area contributed by atoms with Gasteiger partial charge in [-0.1, -0.05) is 36.4 Å². The first-order valence-electron chi connectivity index (χ1n) is 8.55. The van der Waals surface area contributed by atoms with E-state index in [-0.39, 0.29) is 18.1 Å². The Kier molecular flexibility index (Phi) is 5.04. The molecule has 2 aromatic carbocycles. The van der Waals surface area contributed by atoms with Gasteiger partial charge in [-0.2, -0.15) is 0 Å². The molecule has 2 atom stereocenters. The molecule has 2 N–H and O–H groups in total. The number of hydrogen-bond acceptors (Lipinski definition) is 2. The molecule has 2 aromatic rings. The van der Waals surface area contributed by atoms with Crippen LogP contribution in [0.4, 0.5) is 4.79 Å². The second-order valence-electron chi connectivity index (χ2n) is 6.13. The van der Waals surface area contributed by atoms with Crippen LogP contribution in [-0.2, 0) is 6.42 Å². The summed E-state index contributed by atoms with van der Waals surface area (Å²) in [5, 5.41) is 6.11. The number of fused-ring (bicyclic) bond motifs is 1. The number of carbonyl (C=O) groups excluding carboxylic acids is 1. The van der Waals surface area contributed by atoms with Crippen molar-refractivity contribution >= 4 is 6.03 Å². The van der Waals surface area contributed by atoms with Crippen LogP contribution >= 0.6 is 0 Å². The van der Waals surface area contributed by atoms with Crippen LogP contribution in [0.15, 0.2) is 48.5 Å². The molecule has 4 nitrogen and oxygen atoms in total. The van der Waals surface area contributed by atoms with Gasteiger partial charge in [-0.3, -0.25) is 0 Å².